The molecular weight excluding hydrogens is 679 g/mol. The second kappa shape index (κ2) is 11.5. The average molecular weight is 741 g/mol. The molecule has 15 rings (SSSR count). The van der Waals surface area contributed by atoms with Gasteiger partial charge in [0.05, 0.1) is 11.2 Å². The summed E-state index contributed by atoms with van der Waals surface area (Å²) in [7, 11) is -0.277. The van der Waals surface area contributed by atoms with Gasteiger partial charge in [-0.05, 0) is 206 Å². The van der Waals surface area contributed by atoms with Crippen molar-refractivity contribution in [2.24, 2.45) is 40.9 Å². The first-order valence-corrected chi connectivity index (χ1v) is 22.6. The fourth-order valence-electron chi connectivity index (χ4n) is 15.3. The second-order valence-corrected chi connectivity index (χ2v) is 22.3. The van der Waals surface area contributed by atoms with Gasteiger partial charge in [0.1, 0.15) is 0 Å². The van der Waals surface area contributed by atoms with Crippen LogP contribution in [0.25, 0.3) is 22.3 Å². The van der Waals surface area contributed by atoms with Crippen LogP contribution in [-0.4, -0.2) is 18.3 Å². The molecule has 0 unspecified atom stereocenters. The Balaban J connectivity index is 0.732. The third-order valence-electron chi connectivity index (χ3n) is 19.3. The van der Waals surface area contributed by atoms with E-state index in [1.165, 1.54) is 99.3 Å². The topological polar surface area (TPSA) is 18.5 Å². The first kappa shape index (κ1) is 34.9. The van der Waals surface area contributed by atoms with Crippen LogP contribution in [0.4, 0.5) is 0 Å². The zero-order chi connectivity index (χ0) is 37.9. The molecule has 4 aromatic rings. The van der Waals surface area contributed by atoms with Crippen molar-refractivity contribution in [2.75, 3.05) is 0 Å². The number of rotatable bonds is 6. The summed E-state index contributed by atoms with van der Waals surface area (Å²) in [5.41, 5.74) is 12.6. The first-order chi connectivity index (χ1) is 26.9. The number of benzene rings is 4. The maximum Gasteiger partial charge on any atom is 0.494 e. The number of hydrogen-bond acceptors (Lipinski definition) is 2. The maximum absolute atomic E-state index is 6.41. The molecule has 0 radical (unpaired) electrons. The molecule has 4 aromatic carbocycles. The molecule has 10 saturated carbocycles. The lowest BCUT2D eigenvalue weighted by molar-refractivity contribution is -0.221. The number of fused-ring (bicyclic) bond motifs is 3. The molecule has 0 aromatic heterocycles. The van der Waals surface area contributed by atoms with Gasteiger partial charge in [0.25, 0.3) is 0 Å². The van der Waals surface area contributed by atoms with Gasteiger partial charge in [0.2, 0.25) is 0 Å². The highest BCUT2D eigenvalue weighted by Gasteiger charge is 2.70. The van der Waals surface area contributed by atoms with Crippen LogP contribution in [0, 0.1) is 40.9 Å². The van der Waals surface area contributed by atoms with E-state index < -0.39 is 0 Å². The third kappa shape index (κ3) is 4.89. The minimum atomic E-state index is -0.305. The van der Waals surface area contributed by atoms with E-state index >= 15 is 0 Å². The van der Waals surface area contributed by atoms with Gasteiger partial charge in [0.15, 0.2) is 0 Å². The molecule has 0 amide bonds. The van der Waals surface area contributed by atoms with Crippen LogP contribution in [0.15, 0.2) is 97.1 Å². The maximum atomic E-state index is 6.41. The van der Waals surface area contributed by atoms with Gasteiger partial charge in [-0.3, -0.25) is 0 Å². The van der Waals surface area contributed by atoms with Crippen molar-refractivity contribution in [2.45, 2.75) is 139 Å². The molecule has 11 aliphatic rings. The van der Waals surface area contributed by atoms with Crippen molar-refractivity contribution in [3.63, 3.8) is 0 Å². The van der Waals surface area contributed by atoms with Gasteiger partial charge in [-0.2, -0.15) is 0 Å². The molecule has 10 bridgehead atoms. The molecular formula is C53H61BO2. The van der Waals surface area contributed by atoms with Gasteiger partial charge in [-0.25, -0.2) is 0 Å². The van der Waals surface area contributed by atoms with E-state index in [0.29, 0.717) is 21.7 Å². The molecule has 11 fully saturated rings. The molecule has 1 aliphatic heterocycles. The fourth-order valence-corrected chi connectivity index (χ4v) is 15.3. The summed E-state index contributed by atoms with van der Waals surface area (Å²) in [5, 5.41) is 0. The van der Waals surface area contributed by atoms with Crippen LogP contribution < -0.4 is 5.46 Å². The Morgan fingerprint density at radius 1 is 0.375 bits per heavy atom. The Labute approximate surface area is 336 Å². The summed E-state index contributed by atoms with van der Waals surface area (Å²) >= 11 is 0. The SMILES string of the molecule is CC12CCC(c3ccc(-c4ccc(-c5ccc(C67CC8C9CC%10(c%11ccc(B%12OC(C)(C)C(C)(C)O%12)cc%11)CC8C(C6)C(C%10)C9C7)cc5)cc4)cc3)(CC1)CC2. The van der Waals surface area contributed by atoms with Crippen LogP contribution >= 0.6 is 0 Å². The van der Waals surface area contributed by atoms with Gasteiger partial charge < -0.3 is 9.31 Å². The lowest BCUT2D eigenvalue weighted by Crippen LogP contribution is -2.69. The molecule has 56 heavy (non-hydrogen) atoms. The average Bonchev–Trinajstić information content (AvgIpc) is 3.45. The van der Waals surface area contributed by atoms with E-state index in [1.807, 2.05) is 0 Å². The number of hydrogen-bond donors (Lipinski definition) is 0. The quantitative estimate of drug-likeness (QED) is 0.183. The van der Waals surface area contributed by atoms with Gasteiger partial charge in [-0.1, -0.05) is 104 Å². The minimum absolute atomic E-state index is 0.277. The van der Waals surface area contributed by atoms with E-state index in [1.54, 1.807) is 16.7 Å². The molecule has 3 heteroatoms. The smallest absolute Gasteiger partial charge is 0.399 e. The van der Waals surface area contributed by atoms with E-state index in [2.05, 4.69) is 132 Å². The highest BCUT2D eigenvalue weighted by molar-refractivity contribution is 6.62. The first-order valence-electron chi connectivity index (χ1n) is 22.6. The lowest BCUT2D eigenvalue weighted by atomic mass is 9.29. The summed E-state index contributed by atoms with van der Waals surface area (Å²) in [6.45, 7) is 11.1. The predicted octanol–water partition coefficient (Wildman–Crippen LogP) is 12.2. The minimum Gasteiger partial charge on any atom is -0.399 e. The van der Waals surface area contributed by atoms with Crippen LogP contribution in [0.5, 0.6) is 0 Å². The molecule has 1 heterocycles. The molecule has 288 valence electrons. The van der Waals surface area contributed by atoms with Crippen molar-refractivity contribution in [3.05, 3.63) is 114 Å². The molecule has 10 aliphatic carbocycles. The van der Waals surface area contributed by atoms with E-state index in [0.717, 1.165) is 41.0 Å². The fraction of sp³-hybridized carbons (Fsp3) is 0.547. The summed E-state index contributed by atoms with van der Waals surface area (Å²) in [6.07, 6.45) is 16.9. The van der Waals surface area contributed by atoms with E-state index in [4.69, 9.17) is 9.31 Å². The predicted molar refractivity (Wildman–Crippen MR) is 229 cm³/mol. The molecule has 0 atom stereocenters. The normalized spacial score (nSPS) is 40.5. The van der Waals surface area contributed by atoms with Crippen LogP contribution in [0.2, 0.25) is 0 Å². The Kier molecular flexibility index (Phi) is 7.18. The van der Waals surface area contributed by atoms with Crippen molar-refractivity contribution >= 4 is 12.6 Å². The Hall–Kier alpha value is -3.14. The highest BCUT2D eigenvalue weighted by Crippen LogP contribution is 2.77. The van der Waals surface area contributed by atoms with Gasteiger partial charge in [0, 0.05) is 0 Å². The Bertz CT molecular complexity index is 2070. The molecule has 0 N–H and O–H groups in total. The zero-order valence-corrected chi connectivity index (χ0v) is 34.6. The second-order valence-electron chi connectivity index (χ2n) is 22.3. The highest BCUT2D eigenvalue weighted by atomic mass is 16.7. The van der Waals surface area contributed by atoms with Crippen LogP contribution in [-0.2, 0) is 25.6 Å². The largest absolute Gasteiger partial charge is 0.494 e. The van der Waals surface area contributed by atoms with Crippen molar-refractivity contribution in [1.29, 1.82) is 0 Å². The van der Waals surface area contributed by atoms with Crippen molar-refractivity contribution in [1.82, 2.24) is 0 Å². The molecule has 0 spiro atoms. The van der Waals surface area contributed by atoms with Crippen LogP contribution in [0.3, 0.4) is 0 Å². The summed E-state index contributed by atoms with van der Waals surface area (Å²) in [6, 6.07) is 38.6. The van der Waals surface area contributed by atoms with Crippen LogP contribution in [0.1, 0.15) is 128 Å². The standard InChI is InChI=1S/C53H61BO2/c1-48(2)49(3,4)56-54(55-48)41-20-18-40(19-21-41)53-31-45-42-28-52(29-43(45)47(33-53)44(30-52)46(42)32-53)39-16-12-37(13-17-39)35-8-6-34(7-9-35)36-10-14-38(15-11-36)51-25-22-50(5,23-26-51)24-27-51/h6-21,42-47H,22-33H2,1-5H3. The van der Waals surface area contributed by atoms with E-state index in [9.17, 15) is 0 Å². The summed E-state index contributed by atoms with van der Waals surface area (Å²) in [4.78, 5) is 0. The van der Waals surface area contributed by atoms with Crippen molar-refractivity contribution in [3.8, 4) is 22.3 Å². The van der Waals surface area contributed by atoms with Gasteiger partial charge >= 0.3 is 7.12 Å². The lowest BCUT2D eigenvalue weighted by Gasteiger charge is -2.75. The zero-order valence-electron chi connectivity index (χ0n) is 34.6. The van der Waals surface area contributed by atoms with Crippen molar-refractivity contribution < 1.29 is 9.31 Å². The van der Waals surface area contributed by atoms with E-state index in [-0.39, 0.29) is 18.3 Å². The summed E-state index contributed by atoms with van der Waals surface area (Å²) < 4.78 is 12.8. The summed E-state index contributed by atoms with van der Waals surface area (Å²) in [5.74, 6) is 5.51. The Morgan fingerprint density at radius 3 is 1.00 bits per heavy atom. The molecule has 2 nitrogen and oxygen atoms in total. The Morgan fingerprint density at radius 2 is 0.661 bits per heavy atom. The molecule has 1 saturated heterocycles. The monoisotopic (exact) mass is 740 g/mol. The van der Waals surface area contributed by atoms with Gasteiger partial charge in [-0.15, -0.1) is 0 Å². The third-order valence-corrected chi connectivity index (χ3v) is 19.3.